The van der Waals surface area contributed by atoms with E-state index in [4.69, 9.17) is 5.73 Å². The summed E-state index contributed by atoms with van der Waals surface area (Å²) in [6, 6.07) is 0. The zero-order valence-corrected chi connectivity index (χ0v) is 10.6. The van der Waals surface area contributed by atoms with Gasteiger partial charge in [-0.1, -0.05) is 6.42 Å². The lowest BCUT2D eigenvalue weighted by Crippen LogP contribution is -2.39. The summed E-state index contributed by atoms with van der Waals surface area (Å²) in [5.41, 5.74) is 5.08. The van der Waals surface area contributed by atoms with Gasteiger partial charge in [0.1, 0.15) is 0 Å². The number of hydrogen-bond acceptors (Lipinski definition) is 4. The number of nitrogens with one attached hydrogen (secondary N) is 2. The number of carbonyl (C=O) groups excluding carboxylic acids is 2. The summed E-state index contributed by atoms with van der Waals surface area (Å²) < 4.78 is 0. The molecule has 0 aliphatic carbocycles. The van der Waals surface area contributed by atoms with Gasteiger partial charge in [0.2, 0.25) is 11.8 Å². The minimum atomic E-state index is -0.310. The van der Waals surface area contributed by atoms with Crippen molar-refractivity contribution in [2.45, 2.75) is 19.3 Å². The highest BCUT2D eigenvalue weighted by Crippen LogP contribution is 2.00. The molecule has 0 bridgehead atoms. The molecule has 0 aromatic carbocycles. The number of amides is 2. The Hall–Kier alpha value is -0.750. The highest BCUT2D eigenvalue weighted by Gasteiger charge is 2.02. The monoisotopic (exact) mass is 247 g/mol. The normalized spacial score (nSPS) is 9.88. The van der Waals surface area contributed by atoms with Crippen molar-refractivity contribution < 1.29 is 9.59 Å². The van der Waals surface area contributed by atoms with Crippen molar-refractivity contribution >= 4 is 23.6 Å². The highest BCUT2D eigenvalue weighted by molar-refractivity contribution is 7.98. The summed E-state index contributed by atoms with van der Waals surface area (Å²) in [7, 11) is 0. The molecule has 0 spiro atoms. The van der Waals surface area contributed by atoms with Crippen LogP contribution in [0.4, 0.5) is 0 Å². The molecule has 0 atom stereocenters. The number of unbranched alkanes of at least 4 members (excludes halogenated alkanes) is 2. The standard InChI is InChI=1S/C10H21N3O2S/c1-16-6-4-2-3-5-12-10(15)8-13-9(14)7-11/h2-8,11H2,1H3,(H,12,15)(H,13,14). The van der Waals surface area contributed by atoms with Crippen molar-refractivity contribution in [2.75, 3.05) is 31.6 Å². The lowest BCUT2D eigenvalue weighted by molar-refractivity contribution is -0.125. The molecule has 0 heterocycles. The predicted octanol–water partition coefficient (Wildman–Crippen LogP) is -0.289. The van der Waals surface area contributed by atoms with Crippen LogP contribution in [0.15, 0.2) is 0 Å². The van der Waals surface area contributed by atoms with Gasteiger partial charge < -0.3 is 16.4 Å². The van der Waals surface area contributed by atoms with E-state index >= 15 is 0 Å². The van der Waals surface area contributed by atoms with Crippen molar-refractivity contribution in [3.8, 4) is 0 Å². The smallest absolute Gasteiger partial charge is 0.239 e. The molecule has 6 heteroatoms. The minimum Gasteiger partial charge on any atom is -0.355 e. The van der Waals surface area contributed by atoms with Crippen LogP contribution in [0, 0.1) is 0 Å². The Balaban J connectivity index is 3.27. The molecule has 0 radical (unpaired) electrons. The number of thioether (sulfide) groups is 1. The third-order valence-corrected chi connectivity index (χ3v) is 2.68. The molecule has 0 unspecified atom stereocenters. The molecule has 0 aromatic heterocycles. The van der Waals surface area contributed by atoms with E-state index in [9.17, 15) is 9.59 Å². The lowest BCUT2D eigenvalue weighted by Gasteiger charge is -2.05. The van der Waals surface area contributed by atoms with Gasteiger partial charge in [0.05, 0.1) is 13.1 Å². The molecule has 5 nitrogen and oxygen atoms in total. The maximum absolute atomic E-state index is 11.2. The van der Waals surface area contributed by atoms with E-state index < -0.39 is 0 Å². The van der Waals surface area contributed by atoms with Crippen LogP contribution in [0.5, 0.6) is 0 Å². The van der Waals surface area contributed by atoms with Gasteiger partial charge in [-0.3, -0.25) is 9.59 Å². The van der Waals surface area contributed by atoms with Gasteiger partial charge >= 0.3 is 0 Å². The van der Waals surface area contributed by atoms with E-state index in [1.54, 1.807) is 0 Å². The van der Waals surface area contributed by atoms with E-state index in [2.05, 4.69) is 16.9 Å². The van der Waals surface area contributed by atoms with Gasteiger partial charge in [0, 0.05) is 6.54 Å². The van der Waals surface area contributed by atoms with Crippen molar-refractivity contribution in [1.82, 2.24) is 10.6 Å². The van der Waals surface area contributed by atoms with Gasteiger partial charge in [-0.25, -0.2) is 0 Å². The third kappa shape index (κ3) is 9.79. The molecular weight excluding hydrogens is 226 g/mol. The molecule has 0 saturated heterocycles. The Labute approximate surface area is 101 Å². The minimum absolute atomic E-state index is 0.0147. The summed E-state index contributed by atoms with van der Waals surface area (Å²) in [4.78, 5) is 21.9. The SMILES string of the molecule is CSCCCCCNC(=O)CNC(=O)CN. The second-order valence-corrected chi connectivity index (χ2v) is 4.37. The molecule has 16 heavy (non-hydrogen) atoms. The van der Waals surface area contributed by atoms with Crippen LogP contribution in [-0.2, 0) is 9.59 Å². The van der Waals surface area contributed by atoms with Gasteiger partial charge in [0.15, 0.2) is 0 Å². The first kappa shape index (κ1) is 15.2. The number of rotatable bonds is 9. The van der Waals surface area contributed by atoms with E-state index in [0.29, 0.717) is 6.54 Å². The maximum Gasteiger partial charge on any atom is 0.239 e. The molecule has 0 aromatic rings. The molecule has 4 N–H and O–H groups in total. The fourth-order valence-corrected chi connectivity index (χ4v) is 1.58. The summed E-state index contributed by atoms with van der Waals surface area (Å²) >= 11 is 1.83. The number of hydrogen-bond donors (Lipinski definition) is 3. The van der Waals surface area contributed by atoms with Gasteiger partial charge in [0.25, 0.3) is 0 Å². The Morgan fingerprint density at radius 3 is 2.50 bits per heavy atom. The predicted molar refractivity (Wildman–Crippen MR) is 67.3 cm³/mol. The second-order valence-electron chi connectivity index (χ2n) is 3.38. The molecule has 0 saturated carbocycles. The average Bonchev–Trinajstić information content (AvgIpc) is 2.30. The van der Waals surface area contributed by atoms with Crippen LogP contribution in [0.25, 0.3) is 0 Å². The largest absolute Gasteiger partial charge is 0.355 e. The van der Waals surface area contributed by atoms with Crippen LogP contribution >= 0.6 is 11.8 Å². The zero-order valence-electron chi connectivity index (χ0n) is 9.75. The van der Waals surface area contributed by atoms with Crippen molar-refractivity contribution in [3.63, 3.8) is 0 Å². The molecule has 2 amide bonds. The molecule has 0 aliphatic rings. The Bertz CT molecular complexity index is 212. The highest BCUT2D eigenvalue weighted by atomic mass is 32.2. The first-order chi connectivity index (χ1) is 7.70. The van der Waals surface area contributed by atoms with Crippen LogP contribution in [0.1, 0.15) is 19.3 Å². The summed E-state index contributed by atoms with van der Waals surface area (Å²) in [6.45, 7) is 0.606. The van der Waals surface area contributed by atoms with Crippen LogP contribution < -0.4 is 16.4 Å². The van der Waals surface area contributed by atoms with E-state index in [-0.39, 0.29) is 24.9 Å². The number of nitrogens with two attached hydrogens (primary N) is 1. The van der Waals surface area contributed by atoms with Crippen LogP contribution in [-0.4, -0.2) is 43.5 Å². The molecule has 0 aliphatic heterocycles. The van der Waals surface area contributed by atoms with Gasteiger partial charge in [-0.2, -0.15) is 11.8 Å². The Morgan fingerprint density at radius 1 is 1.12 bits per heavy atom. The molecular formula is C10H21N3O2S. The fraction of sp³-hybridized carbons (Fsp3) is 0.800. The van der Waals surface area contributed by atoms with Crippen molar-refractivity contribution in [2.24, 2.45) is 5.73 Å². The fourth-order valence-electron chi connectivity index (χ4n) is 1.09. The topological polar surface area (TPSA) is 84.2 Å². The lowest BCUT2D eigenvalue weighted by atomic mass is 10.2. The van der Waals surface area contributed by atoms with Crippen LogP contribution in [0.2, 0.25) is 0 Å². The zero-order chi connectivity index (χ0) is 12.2. The molecule has 0 fully saturated rings. The summed E-state index contributed by atoms with van der Waals surface area (Å²) in [6.07, 6.45) is 5.37. The Kier molecular flexibility index (Phi) is 10.3. The second kappa shape index (κ2) is 10.8. The third-order valence-electron chi connectivity index (χ3n) is 1.98. The average molecular weight is 247 g/mol. The number of carbonyl (C=O) groups is 2. The Morgan fingerprint density at radius 2 is 1.88 bits per heavy atom. The molecule has 94 valence electrons. The van der Waals surface area contributed by atoms with Gasteiger partial charge in [-0.15, -0.1) is 0 Å². The van der Waals surface area contributed by atoms with Gasteiger partial charge in [-0.05, 0) is 24.9 Å². The van der Waals surface area contributed by atoms with E-state index in [0.717, 1.165) is 12.8 Å². The maximum atomic E-state index is 11.2. The summed E-state index contributed by atoms with van der Waals surface area (Å²) in [5.74, 6) is 0.697. The van der Waals surface area contributed by atoms with E-state index in [1.807, 2.05) is 11.8 Å². The van der Waals surface area contributed by atoms with Crippen LogP contribution in [0.3, 0.4) is 0 Å². The van der Waals surface area contributed by atoms with Crippen molar-refractivity contribution in [3.05, 3.63) is 0 Å². The molecule has 0 rings (SSSR count). The summed E-state index contributed by atoms with van der Waals surface area (Å²) in [5, 5.41) is 5.15. The first-order valence-electron chi connectivity index (χ1n) is 5.43. The first-order valence-corrected chi connectivity index (χ1v) is 6.82. The van der Waals surface area contributed by atoms with E-state index in [1.165, 1.54) is 12.2 Å². The quantitative estimate of drug-likeness (QED) is 0.489. The van der Waals surface area contributed by atoms with Crippen molar-refractivity contribution in [1.29, 1.82) is 0 Å².